The molecule has 1 N–H and O–H groups in total. The topological polar surface area (TPSA) is 36.9 Å². The standard InChI is InChI=1S/C20H27N3OS.HI/c1-3-21-20(23(2)12-10-17-7-6-14-25-17)22-15-16-11-13-24-19-9-5-4-8-18(16)19;/h4-9,14,16H,3,10-13,15H2,1-2H3,(H,21,22);1H. The molecule has 1 atom stereocenters. The maximum Gasteiger partial charge on any atom is 0.193 e. The Hall–Kier alpha value is -1.28. The summed E-state index contributed by atoms with van der Waals surface area (Å²) in [5, 5.41) is 5.56. The molecule has 0 amide bonds. The largest absolute Gasteiger partial charge is 0.493 e. The highest BCUT2D eigenvalue weighted by atomic mass is 127. The van der Waals surface area contributed by atoms with Crippen molar-refractivity contribution in [2.75, 3.05) is 33.3 Å². The number of para-hydroxylation sites is 1. The van der Waals surface area contributed by atoms with Crippen LogP contribution in [0.3, 0.4) is 0 Å². The van der Waals surface area contributed by atoms with Crippen LogP contribution in [0.1, 0.15) is 29.7 Å². The Labute approximate surface area is 177 Å². The Bertz CT molecular complexity index is 690. The number of thiophene rings is 1. The predicted octanol–water partition coefficient (Wildman–Crippen LogP) is 4.37. The molecule has 0 aliphatic carbocycles. The number of ether oxygens (including phenoxy) is 1. The third-order valence-corrected chi connectivity index (χ3v) is 5.45. The molecular weight excluding hydrogens is 457 g/mol. The van der Waals surface area contributed by atoms with Gasteiger partial charge in [-0.3, -0.25) is 4.99 Å². The normalized spacial score (nSPS) is 16.2. The fourth-order valence-corrected chi connectivity index (χ4v) is 3.81. The van der Waals surface area contributed by atoms with Crippen LogP contribution in [0.15, 0.2) is 46.8 Å². The summed E-state index contributed by atoms with van der Waals surface area (Å²) < 4.78 is 5.76. The number of halogens is 1. The molecule has 26 heavy (non-hydrogen) atoms. The van der Waals surface area contributed by atoms with Gasteiger partial charge >= 0.3 is 0 Å². The van der Waals surface area contributed by atoms with Crippen LogP contribution in [0.5, 0.6) is 5.75 Å². The second-order valence-corrected chi connectivity index (χ2v) is 7.35. The average Bonchev–Trinajstić information content (AvgIpc) is 3.16. The Morgan fingerprint density at radius 1 is 1.31 bits per heavy atom. The highest BCUT2D eigenvalue weighted by Crippen LogP contribution is 2.33. The number of rotatable bonds is 6. The first-order valence-electron chi connectivity index (χ1n) is 9.01. The Morgan fingerprint density at radius 2 is 2.15 bits per heavy atom. The van der Waals surface area contributed by atoms with E-state index in [2.05, 4.69) is 59.9 Å². The quantitative estimate of drug-likeness (QED) is 0.375. The van der Waals surface area contributed by atoms with Crippen molar-refractivity contribution in [2.45, 2.75) is 25.7 Å². The van der Waals surface area contributed by atoms with Crippen LogP contribution in [0, 0.1) is 0 Å². The summed E-state index contributed by atoms with van der Waals surface area (Å²) >= 11 is 1.82. The van der Waals surface area contributed by atoms with Crippen molar-refractivity contribution in [2.24, 2.45) is 4.99 Å². The monoisotopic (exact) mass is 485 g/mol. The van der Waals surface area contributed by atoms with Gasteiger partial charge in [0.15, 0.2) is 5.96 Å². The van der Waals surface area contributed by atoms with Crippen LogP contribution >= 0.6 is 35.3 Å². The summed E-state index contributed by atoms with van der Waals surface area (Å²) in [6, 6.07) is 12.7. The van der Waals surface area contributed by atoms with Gasteiger partial charge in [0.2, 0.25) is 0 Å². The zero-order valence-electron chi connectivity index (χ0n) is 15.5. The Kier molecular flexibility index (Phi) is 8.71. The minimum atomic E-state index is 0. The lowest BCUT2D eigenvalue weighted by Crippen LogP contribution is -2.40. The van der Waals surface area contributed by atoms with E-state index in [1.54, 1.807) is 0 Å². The van der Waals surface area contributed by atoms with Crippen molar-refractivity contribution < 1.29 is 4.74 Å². The maximum atomic E-state index is 5.76. The van der Waals surface area contributed by atoms with Crippen LogP contribution in [0.4, 0.5) is 0 Å². The second-order valence-electron chi connectivity index (χ2n) is 6.32. The van der Waals surface area contributed by atoms with Crippen LogP contribution in [0.2, 0.25) is 0 Å². The number of hydrogen-bond acceptors (Lipinski definition) is 3. The van der Waals surface area contributed by atoms with E-state index in [0.29, 0.717) is 5.92 Å². The minimum Gasteiger partial charge on any atom is -0.493 e. The molecule has 1 aliphatic rings. The van der Waals surface area contributed by atoms with Gasteiger partial charge in [0, 0.05) is 37.5 Å². The molecule has 1 aromatic carbocycles. The molecule has 0 saturated carbocycles. The van der Waals surface area contributed by atoms with Crippen LogP contribution < -0.4 is 10.1 Å². The minimum absolute atomic E-state index is 0. The van der Waals surface area contributed by atoms with E-state index in [9.17, 15) is 0 Å². The molecular formula is C20H28IN3OS. The number of likely N-dealkylation sites (N-methyl/N-ethyl adjacent to an activating group) is 1. The molecule has 3 rings (SSSR count). The molecule has 4 nitrogen and oxygen atoms in total. The van der Waals surface area contributed by atoms with Crippen molar-refractivity contribution in [3.8, 4) is 5.75 Å². The molecule has 0 radical (unpaired) electrons. The molecule has 1 aliphatic heterocycles. The van der Waals surface area contributed by atoms with Crippen molar-refractivity contribution in [3.63, 3.8) is 0 Å². The molecule has 0 spiro atoms. The number of nitrogens with one attached hydrogen (secondary N) is 1. The molecule has 2 aromatic rings. The van der Waals surface area contributed by atoms with Crippen LogP contribution in [0.25, 0.3) is 0 Å². The molecule has 2 heterocycles. The predicted molar refractivity (Wildman–Crippen MR) is 121 cm³/mol. The fraction of sp³-hybridized carbons (Fsp3) is 0.450. The fourth-order valence-electron chi connectivity index (χ4n) is 3.11. The van der Waals surface area contributed by atoms with Gasteiger partial charge in [-0.1, -0.05) is 24.3 Å². The third-order valence-electron chi connectivity index (χ3n) is 4.51. The number of aliphatic imine (C=N–C) groups is 1. The van der Waals surface area contributed by atoms with Gasteiger partial charge in [-0.15, -0.1) is 35.3 Å². The number of benzene rings is 1. The van der Waals surface area contributed by atoms with Crippen LogP contribution in [-0.2, 0) is 6.42 Å². The maximum absolute atomic E-state index is 5.76. The molecule has 0 saturated heterocycles. The first-order chi connectivity index (χ1) is 12.3. The van der Waals surface area contributed by atoms with E-state index in [4.69, 9.17) is 9.73 Å². The number of fused-ring (bicyclic) bond motifs is 1. The molecule has 0 bridgehead atoms. The van der Waals surface area contributed by atoms with E-state index in [1.807, 2.05) is 17.4 Å². The summed E-state index contributed by atoms with van der Waals surface area (Å²) in [4.78, 5) is 8.56. The van der Waals surface area contributed by atoms with Crippen molar-refractivity contribution >= 4 is 41.3 Å². The molecule has 142 valence electrons. The van der Waals surface area contributed by atoms with E-state index in [-0.39, 0.29) is 24.0 Å². The van der Waals surface area contributed by atoms with E-state index >= 15 is 0 Å². The number of guanidine groups is 1. The van der Waals surface area contributed by atoms with Crippen LogP contribution in [-0.4, -0.2) is 44.1 Å². The average molecular weight is 485 g/mol. The molecule has 0 fully saturated rings. The van der Waals surface area contributed by atoms with Crippen molar-refractivity contribution in [3.05, 3.63) is 52.2 Å². The zero-order valence-corrected chi connectivity index (χ0v) is 18.6. The SMILES string of the molecule is CCNC(=NCC1CCOc2ccccc21)N(C)CCc1cccs1.I. The first kappa shape index (κ1) is 21.0. The summed E-state index contributed by atoms with van der Waals surface area (Å²) in [6.07, 6.45) is 2.08. The Morgan fingerprint density at radius 3 is 2.92 bits per heavy atom. The summed E-state index contributed by atoms with van der Waals surface area (Å²) in [5.74, 6) is 2.44. The second kappa shape index (κ2) is 10.8. The van der Waals surface area contributed by atoms with Gasteiger partial charge in [-0.05, 0) is 42.8 Å². The van der Waals surface area contributed by atoms with Gasteiger partial charge in [-0.2, -0.15) is 0 Å². The lowest BCUT2D eigenvalue weighted by Gasteiger charge is -2.26. The molecule has 1 aromatic heterocycles. The number of nitrogens with zero attached hydrogens (tertiary/aromatic N) is 2. The zero-order chi connectivity index (χ0) is 17.5. The van der Waals surface area contributed by atoms with Gasteiger partial charge in [0.25, 0.3) is 0 Å². The van der Waals surface area contributed by atoms with Crippen molar-refractivity contribution in [1.82, 2.24) is 10.2 Å². The summed E-state index contributed by atoms with van der Waals surface area (Å²) in [6.45, 7) is 5.55. The summed E-state index contributed by atoms with van der Waals surface area (Å²) in [5.41, 5.74) is 1.29. The number of hydrogen-bond donors (Lipinski definition) is 1. The van der Waals surface area contributed by atoms with Gasteiger partial charge in [0.1, 0.15) is 5.75 Å². The molecule has 1 unspecified atom stereocenters. The van der Waals surface area contributed by atoms with E-state index < -0.39 is 0 Å². The lowest BCUT2D eigenvalue weighted by atomic mass is 9.93. The van der Waals surface area contributed by atoms with Gasteiger partial charge < -0.3 is 15.0 Å². The van der Waals surface area contributed by atoms with E-state index in [1.165, 1.54) is 10.4 Å². The molecule has 6 heteroatoms. The van der Waals surface area contributed by atoms with Gasteiger partial charge in [-0.25, -0.2) is 0 Å². The van der Waals surface area contributed by atoms with Crippen molar-refractivity contribution in [1.29, 1.82) is 0 Å². The Balaban J connectivity index is 0.00000243. The third kappa shape index (κ3) is 5.61. The highest BCUT2D eigenvalue weighted by molar-refractivity contribution is 14.0. The van der Waals surface area contributed by atoms with E-state index in [0.717, 1.165) is 50.8 Å². The summed E-state index contributed by atoms with van der Waals surface area (Å²) in [7, 11) is 2.12. The smallest absolute Gasteiger partial charge is 0.193 e. The first-order valence-corrected chi connectivity index (χ1v) is 9.89. The highest BCUT2D eigenvalue weighted by Gasteiger charge is 2.21. The lowest BCUT2D eigenvalue weighted by molar-refractivity contribution is 0.268. The van der Waals surface area contributed by atoms with Gasteiger partial charge in [0.05, 0.1) is 6.61 Å².